The van der Waals surface area contributed by atoms with Crippen LogP contribution >= 0.6 is 45.2 Å². The number of ether oxygens (including phenoxy) is 2. The maximum absolute atomic E-state index is 12.7. The normalized spacial score (nSPS) is 13.1. The number of para-hydroxylation sites is 1. The molecule has 2 heterocycles. The van der Waals surface area contributed by atoms with Crippen molar-refractivity contribution in [3.8, 4) is 0 Å². The average Bonchev–Trinajstić information content (AvgIpc) is 3.17. The van der Waals surface area contributed by atoms with Crippen molar-refractivity contribution in [2.24, 2.45) is 0 Å². The SMILES string of the molecule is CCOCn1c(C(O)c2cn(C(=O)OC(C)(C)C)c3ccccc23)nc(I)c1I. The van der Waals surface area contributed by atoms with E-state index in [4.69, 9.17) is 9.47 Å². The Morgan fingerprint density at radius 1 is 1.28 bits per heavy atom. The molecule has 3 rings (SSSR count). The van der Waals surface area contributed by atoms with E-state index in [0.29, 0.717) is 30.2 Å². The van der Waals surface area contributed by atoms with Gasteiger partial charge in [0.15, 0.2) is 0 Å². The van der Waals surface area contributed by atoms with Gasteiger partial charge in [-0.15, -0.1) is 0 Å². The lowest BCUT2D eigenvalue weighted by Crippen LogP contribution is -2.26. The van der Waals surface area contributed by atoms with E-state index in [-0.39, 0.29) is 0 Å². The molecule has 1 aromatic carbocycles. The molecule has 0 saturated heterocycles. The molecule has 0 radical (unpaired) electrons. The molecule has 0 spiro atoms. The minimum Gasteiger partial charge on any atom is -0.443 e. The van der Waals surface area contributed by atoms with Crippen LogP contribution < -0.4 is 0 Å². The van der Waals surface area contributed by atoms with E-state index in [2.05, 4.69) is 50.2 Å². The summed E-state index contributed by atoms with van der Waals surface area (Å²) in [6.45, 7) is 8.22. The summed E-state index contributed by atoms with van der Waals surface area (Å²) in [6, 6.07) is 7.43. The fourth-order valence-electron chi connectivity index (χ4n) is 2.96. The number of nitrogens with zero attached hydrogens (tertiary/aromatic N) is 3. The second kappa shape index (κ2) is 8.90. The molecule has 156 valence electrons. The lowest BCUT2D eigenvalue weighted by Gasteiger charge is -2.19. The summed E-state index contributed by atoms with van der Waals surface area (Å²) in [4.78, 5) is 17.3. The lowest BCUT2D eigenvalue weighted by atomic mass is 10.1. The van der Waals surface area contributed by atoms with Gasteiger partial charge in [-0.25, -0.2) is 9.78 Å². The first kappa shape index (κ1) is 22.5. The number of aromatic nitrogens is 3. The molecule has 0 bridgehead atoms. The minimum absolute atomic E-state index is 0.294. The number of hydrogen-bond acceptors (Lipinski definition) is 5. The summed E-state index contributed by atoms with van der Waals surface area (Å²) < 4.78 is 16.0. The van der Waals surface area contributed by atoms with E-state index < -0.39 is 17.8 Å². The number of halogens is 2. The smallest absolute Gasteiger partial charge is 0.419 e. The summed E-state index contributed by atoms with van der Waals surface area (Å²) >= 11 is 4.33. The van der Waals surface area contributed by atoms with Crippen molar-refractivity contribution in [3.05, 3.63) is 49.3 Å². The number of hydrogen-bond donors (Lipinski definition) is 1. The first-order valence-electron chi connectivity index (χ1n) is 9.14. The van der Waals surface area contributed by atoms with Gasteiger partial charge < -0.3 is 14.6 Å². The highest BCUT2D eigenvalue weighted by atomic mass is 127. The first-order chi connectivity index (χ1) is 13.6. The molecule has 3 aromatic rings. The summed E-state index contributed by atoms with van der Waals surface area (Å²) in [6.07, 6.45) is 0.109. The van der Waals surface area contributed by atoms with Crippen LogP contribution in [0.3, 0.4) is 0 Å². The van der Waals surface area contributed by atoms with Crippen molar-refractivity contribution in [2.75, 3.05) is 6.61 Å². The van der Waals surface area contributed by atoms with Crippen molar-refractivity contribution in [3.63, 3.8) is 0 Å². The van der Waals surface area contributed by atoms with Crippen molar-refractivity contribution in [1.29, 1.82) is 0 Å². The number of benzene rings is 1. The third-order valence-corrected chi connectivity index (χ3v) is 7.07. The van der Waals surface area contributed by atoms with E-state index in [0.717, 1.165) is 12.8 Å². The Morgan fingerprint density at radius 3 is 2.62 bits per heavy atom. The molecule has 2 aromatic heterocycles. The number of carbonyl (C=O) groups excluding carboxylic acids is 1. The fourth-order valence-corrected chi connectivity index (χ4v) is 4.00. The van der Waals surface area contributed by atoms with Crippen molar-refractivity contribution < 1.29 is 19.4 Å². The molecule has 0 aliphatic heterocycles. The Hall–Kier alpha value is -1.18. The standard InChI is InChI=1S/C20H23I2N3O4/c1-5-28-11-25-17(22)16(21)23-18(25)15(26)13-10-24(19(27)29-20(2,3)4)14-9-7-6-8-12(13)14/h6-10,15,26H,5,11H2,1-4H3. The molecule has 1 N–H and O–H groups in total. The molecule has 0 aliphatic rings. The van der Waals surface area contributed by atoms with Gasteiger partial charge in [-0.1, -0.05) is 18.2 Å². The molecule has 1 atom stereocenters. The second-order valence-corrected chi connectivity index (χ2v) is 9.50. The zero-order valence-electron chi connectivity index (χ0n) is 16.6. The number of imidazole rings is 1. The first-order valence-corrected chi connectivity index (χ1v) is 11.3. The van der Waals surface area contributed by atoms with Crippen molar-refractivity contribution in [1.82, 2.24) is 14.1 Å². The third kappa shape index (κ3) is 4.78. The predicted molar refractivity (Wildman–Crippen MR) is 127 cm³/mol. The van der Waals surface area contributed by atoms with E-state index in [9.17, 15) is 9.90 Å². The Balaban J connectivity index is 2.09. The van der Waals surface area contributed by atoms with Gasteiger partial charge in [-0.2, -0.15) is 0 Å². The van der Waals surface area contributed by atoms with Crippen LogP contribution in [0.5, 0.6) is 0 Å². The van der Waals surface area contributed by atoms with Crippen LogP contribution in [0.4, 0.5) is 4.79 Å². The van der Waals surface area contributed by atoms with Gasteiger partial charge in [0.2, 0.25) is 0 Å². The Bertz CT molecular complexity index is 1040. The Morgan fingerprint density at radius 2 is 1.97 bits per heavy atom. The number of aliphatic hydroxyl groups is 1. The molecule has 0 saturated carbocycles. The zero-order chi connectivity index (χ0) is 21.3. The second-order valence-electron chi connectivity index (χ2n) is 7.46. The number of fused-ring (bicyclic) bond motifs is 1. The van der Waals surface area contributed by atoms with Crippen LogP contribution in [0, 0.1) is 7.40 Å². The van der Waals surface area contributed by atoms with Crippen LogP contribution in [-0.4, -0.2) is 37.5 Å². The highest BCUT2D eigenvalue weighted by Gasteiger charge is 2.27. The highest BCUT2D eigenvalue weighted by Crippen LogP contribution is 2.32. The topological polar surface area (TPSA) is 78.5 Å². The van der Waals surface area contributed by atoms with Crippen LogP contribution in [-0.2, 0) is 16.2 Å². The quantitative estimate of drug-likeness (QED) is 0.410. The maximum Gasteiger partial charge on any atom is 0.419 e. The maximum atomic E-state index is 12.7. The minimum atomic E-state index is -1.03. The van der Waals surface area contributed by atoms with Gasteiger partial charge in [-0.05, 0) is 78.9 Å². The van der Waals surface area contributed by atoms with Gasteiger partial charge in [0.1, 0.15) is 31.7 Å². The van der Waals surface area contributed by atoms with Crippen LogP contribution in [0.15, 0.2) is 30.5 Å². The molecule has 0 fully saturated rings. The average molecular weight is 623 g/mol. The Kier molecular flexibility index (Phi) is 6.91. The van der Waals surface area contributed by atoms with Crippen LogP contribution in [0.1, 0.15) is 45.2 Å². The summed E-state index contributed by atoms with van der Waals surface area (Å²) in [5, 5.41) is 12.0. The molecule has 0 amide bonds. The van der Waals surface area contributed by atoms with Crippen LogP contribution in [0.25, 0.3) is 10.9 Å². The van der Waals surface area contributed by atoms with Gasteiger partial charge >= 0.3 is 6.09 Å². The predicted octanol–water partition coefficient (Wildman–Crippen LogP) is 4.91. The molecule has 9 heteroatoms. The van der Waals surface area contributed by atoms with Gasteiger partial charge in [0, 0.05) is 23.8 Å². The van der Waals surface area contributed by atoms with E-state index in [1.165, 1.54) is 4.57 Å². The third-order valence-electron chi connectivity index (χ3n) is 4.19. The monoisotopic (exact) mass is 623 g/mol. The zero-order valence-corrected chi connectivity index (χ0v) is 21.0. The van der Waals surface area contributed by atoms with E-state index in [1.807, 2.05) is 56.5 Å². The van der Waals surface area contributed by atoms with Gasteiger partial charge in [0.25, 0.3) is 0 Å². The Labute approximate surface area is 196 Å². The van der Waals surface area contributed by atoms with Crippen molar-refractivity contribution in [2.45, 2.75) is 46.1 Å². The number of carbonyl (C=O) groups is 1. The lowest BCUT2D eigenvalue weighted by molar-refractivity contribution is 0.0543. The summed E-state index contributed by atoms with van der Waals surface area (Å²) in [7, 11) is 0. The largest absolute Gasteiger partial charge is 0.443 e. The summed E-state index contributed by atoms with van der Waals surface area (Å²) in [5.74, 6) is 0.472. The van der Waals surface area contributed by atoms with Crippen LogP contribution in [0.2, 0.25) is 0 Å². The molecular weight excluding hydrogens is 600 g/mol. The van der Waals surface area contributed by atoms with E-state index in [1.54, 1.807) is 6.20 Å². The number of rotatable bonds is 5. The van der Waals surface area contributed by atoms with Gasteiger partial charge in [-0.3, -0.25) is 9.13 Å². The fraction of sp³-hybridized carbons (Fsp3) is 0.400. The molecule has 29 heavy (non-hydrogen) atoms. The highest BCUT2D eigenvalue weighted by molar-refractivity contribution is 14.1. The molecule has 0 aliphatic carbocycles. The summed E-state index contributed by atoms with van der Waals surface area (Å²) in [5.41, 5.74) is 0.631. The molecule has 7 nitrogen and oxygen atoms in total. The van der Waals surface area contributed by atoms with Crippen molar-refractivity contribution >= 4 is 62.2 Å². The molecular formula is C20H23I2N3O4. The van der Waals surface area contributed by atoms with E-state index >= 15 is 0 Å². The molecule has 1 unspecified atom stereocenters. The van der Waals surface area contributed by atoms with Gasteiger partial charge in [0.05, 0.1) is 5.52 Å². The number of aliphatic hydroxyl groups excluding tert-OH is 1.